The van der Waals surface area contributed by atoms with Crippen molar-refractivity contribution in [2.45, 2.75) is 12.6 Å². The van der Waals surface area contributed by atoms with Crippen LogP contribution in [-0.4, -0.2) is 19.8 Å². The van der Waals surface area contributed by atoms with Crippen LogP contribution in [0.2, 0.25) is 0 Å². The standard InChI is InChI=1S/C10H11BrF3NO/c1-16-9-3-2-7(11)6-8(9)15-5-4-10(12,13)14/h2-3,6,15H,4-5H2,1H3. The van der Waals surface area contributed by atoms with Gasteiger partial charge in [0.05, 0.1) is 19.2 Å². The Labute approximate surface area is 99.9 Å². The van der Waals surface area contributed by atoms with E-state index in [4.69, 9.17) is 4.74 Å². The van der Waals surface area contributed by atoms with Crippen molar-refractivity contribution >= 4 is 21.6 Å². The summed E-state index contributed by atoms with van der Waals surface area (Å²) in [5.74, 6) is 0.519. The van der Waals surface area contributed by atoms with E-state index in [0.717, 1.165) is 4.47 Å². The molecule has 90 valence electrons. The van der Waals surface area contributed by atoms with Crippen LogP contribution in [0.4, 0.5) is 18.9 Å². The minimum atomic E-state index is -4.15. The molecule has 1 aromatic rings. The predicted octanol–water partition coefficient (Wildman–Crippen LogP) is 3.82. The highest BCUT2D eigenvalue weighted by Crippen LogP contribution is 2.28. The lowest BCUT2D eigenvalue weighted by Crippen LogP contribution is -2.14. The summed E-state index contributed by atoms with van der Waals surface area (Å²) in [6, 6.07) is 5.11. The van der Waals surface area contributed by atoms with Gasteiger partial charge in [-0.05, 0) is 18.2 Å². The van der Waals surface area contributed by atoms with Gasteiger partial charge >= 0.3 is 6.18 Å². The van der Waals surface area contributed by atoms with Crippen molar-refractivity contribution in [3.05, 3.63) is 22.7 Å². The highest BCUT2D eigenvalue weighted by atomic mass is 79.9. The van der Waals surface area contributed by atoms with Crippen molar-refractivity contribution in [3.63, 3.8) is 0 Å². The second-order valence-corrected chi connectivity index (χ2v) is 4.05. The Morgan fingerprint density at radius 2 is 2.06 bits per heavy atom. The molecular weight excluding hydrogens is 287 g/mol. The highest BCUT2D eigenvalue weighted by molar-refractivity contribution is 9.10. The lowest BCUT2D eigenvalue weighted by Gasteiger charge is -2.12. The molecule has 0 radical (unpaired) electrons. The molecule has 0 aromatic heterocycles. The van der Waals surface area contributed by atoms with E-state index in [9.17, 15) is 13.2 Å². The first-order valence-corrected chi connectivity index (χ1v) is 5.36. The number of rotatable bonds is 4. The molecule has 0 aliphatic carbocycles. The number of methoxy groups -OCH3 is 1. The molecule has 1 rings (SSSR count). The fourth-order valence-corrected chi connectivity index (χ4v) is 1.52. The molecule has 0 bridgehead atoms. The molecule has 0 fully saturated rings. The van der Waals surface area contributed by atoms with Crippen LogP contribution < -0.4 is 10.1 Å². The van der Waals surface area contributed by atoms with Crippen molar-refractivity contribution in [1.29, 1.82) is 0 Å². The van der Waals surface area contributed by atoms with Gasteiger partial charge in [0.1, 0.15) is 5.75 Å². The molecule has 1 N–H and O–H groups in total. The average Bonchev–Trinajstić information content (AvgIpc) is 2.16. The second-order valence-electron chi connectivity index (χ2n) is 3.14. The van der Waals surface area contributed by atoms with Crippen molar-refractivity contribution in [2.75, 3.05) is 19.0 Å². The van der Waals surface area contributed by atoms with Gasteiger partial charge in [-0.2, -0.15) is 13.2 Å². The summed E-state index contributed by atoms with van der Waals surface area (Å²) >= 11 is 3.24. The lowest BCUT2D eigenvalue weighted by molar-refractivity contribution is -0.131. The van der Waals surface area contributed by atoms with Gasteiger partial charge in [0.2, 0.25) is 0 Å². The summed E-state index contributed by atoms with van der Waals surface area (Å²) in [6.45, 7) is -0.170. The summed E-state index contributed by atoms with van der Waals surface area (Å²) in [5, 5.41) is 2.69. The molecule has 0 saturated carbocycles. The van der Waals surface area contributed by atoms with Crippen LogP contribution in [0.15, 0.2) is 22.7 Å². The molecule has 16 heavy (non-hydrogen) atoms. The molecule has 6 heteroatoms. The van der Waals surface area contributed by atoms with Crippen LogP contribution in [0.1, 0.15) is 6.42 Å². The Hall–Kier alpha value is -0.910. The third-order valence-corrected chi connectivity index (χ3v) is 2.38. The van der Waals surface area contributed by atoms with E-state index >= 15 is 0 Å². The average molecular weight is 298 g/mol. The molecule has 0 aliphatic rings. The maximum atomic E-state index is 11.9. The largest absolute Gasteiger partial charge is 0.495 e. The number of alkyl halides is 3. The Bertz CT molecular complexity index is 354. The minimum Gasteiger partial charge on any atom is -0.495 e. The number of nitrogens with one attached hydrogen (secondary N) is 1. The van der Waals surface area contributed by atoms with Crippen LogP contribution in [0.25, 0.3) is 0 Å². The highest BCUT2D eigenvalue weighted by Gasteiger charge is 2.26. The minimum absolute atomic E-state index is 0.170. The number of hydrogen-bond donors (Lipinski definition) is 1. The van der Waals surface area contributed by atoms with Gasteiger partial charge in [-0.15, -0.1) is 0 Å². The maximum Gasteiger partial charge on any atom is 0.390 e. The normalized spacial score (nSPS) is 11.3. The van der Waals surface area contributed by atoms with Crippen LogP contribution in [0, 0.1) is 0 Å². The van der Waals surface area contributed by atoms with E-state index in [1.165, 1.54) is 7.11 Å². The first-order valence-electron chi connectivity index (χ1n) is 4.56. The quantitative estimate of drug-likeness (QED) is 0.912. The summed E-state index contributed by atoms with van der Waals surface area (Å²) in [7, 11) is 1.47. The number of anilines is 1. The number of ether oxygens (including phenoxy) is 1. The maximum absolute atomic E-state index is 11.9. The summed E-state index contributed by atoms with van der Waals surface area (Å²) < 4.78 is 41.6. The molecule has 2 nitrogen and oxygen atoms in total. The van der Waals surface area contributed by atoms with Gasteiger partial charge in [0.15, 0.2) is 0 Å². The van der Waals surface area contributed by atoms with Gasteiger partial charge < -0.3 is 10.1 Å². The summed E-state index contributed by atoms with van der Waals surface area (Å²) in [5.41, 5.74) is 0.543. The van der Waals surface area contributed by atoms with Crippen LogP contribution >= 0.6 is 15.9 Å². The Morgan fingerprint density at radius 3 is 2.62 bits per heavy atom. The molecule has 0 aliphatic heterocycles. The zero-order valence-corrected chi connectivity index (χ0v) is 10.2. The Kier molecular flexibility index (Phi) is 4.46. The summed E-state index contributed by atoms with van der Waals surface area (Å²) in [6.07, 6.45) is -5.02. The Balaban J connectivity index is 2.62. The molecule has 0 atom stereocenters. The van der Waals surface area contributed by atoms with Gasteiger partial charge in [-0.1, -0.05) is 15.9 Å². The van der Waals surface area contributed by atoms with Crippen molar-refractivity contribution in [1.82, 2.24) is 0 Å². The monoisotopic (exact) mass is 297 g/mol. The fraction of sp³-hybridized carbons (Fsp3) is 0.400. The van der Waals surface area contributed by atoms with E-state index < -0.39 is 12.6 Å². The van der Waals surface area contributed by atoms with Gasteiger partial charge in [0, 0.05) is 11.0 Å². The van der Waals surface area contributed by atoms with E-state index in [2.05, 4.69) is 21.2 Å². The van der Waals surface area contributed by atoms with Crippen LogP contribution in [0.5, 0.6) is 5.75 Å². The lowest BCUT2D eigenvalue weighted by atomic mass is 10.3. The molecular formula is C10H11BrF3NO. The van der Waals surface area contributed by atoms with E-state index in [0.29, 0.717) is 11.4 Å². The second kappa shape index (κ2) is 5.43. The number of hydrogen-bond acceptors (Lipinski definition) is 2. The van der Waals surface area contributed by atoms with E-state index in [1.54, 1.807) is 18.2 Å². The fourth-order valence-electron chi connectivity index (χ4n) is 1.16. The molecule has 0 amide bonds. The zero-order chi connectivity index (χ0) is 12.2. The van der Waals surface area contributed by atoms with Gasteiger partial charge in [-0.25, -0.2) is 0 Å². The van der Waals surface area contributed by atoms with Crippen molar-refractivity contribution in [3.8, 4) is 5.75 Å². The van der Waals surface area contributed by atoms with E-state index in [-0.39, 0.29) is 6.54 Å². The topological polar surface area (TPSA) is 21.3 Å². The van der Waals surface area contributed by atoms with Gasteiger partial charge in [0.25, 0.3) is 0 Å². The van der Waals surface area contributed by atoms with Crippen LogP contribution in [0.3, 0.4) is 0 Å². The molecule has 0 saturated heterocycles. The zero-order valence-electron chi connectivity index (χ0n) is 8.57. The third-order valence-electron chi connectivity index (χ3n) is 1.89. The predicted molar refractivity (Wildman–Crippen MR) is 59.9 cm³/mol. The smallest absolute Gasteiger partial charge is 0.390 e. The SMILES string of the molecule is COc1ccc(Br)cc1NCCC(F)(F)F. The Morgan fingerprint density at radius 1 is 1.38 bits per heavy atom. The number of halogens is 4. The van der Waals surface area contributed by atoms with E-state index in [1.807, 2.05) is 0 Å². The first kappa shape index (κ1) is 13.2. The van der Waals surface area contributed by atoms with Crippen molar-refractivity contribution in [2.24, 2.45) is 0 Å². The third kappa shape index (κ3) is 4.30. The molecule has 0 heterocycles. The first-order chi connectivity index (χ1) is 7.42. The number of benzene rings is 1. The van der Waals surface area contributed by atoms with Crippen molar-refractivity contribution < 1.29 is 17.9 Å². The molecule has 0 unspecified atom stereocenters. The molecule has 0 spiro atoms. The molecule has 1 aromatic carbocycles. The summed E-state index contributed by atoms with van der Waals surface area (Å²) in [4.78, 5) is 0. The van der Waals surface area contributed by atoms with Gasteiger partial charge in [-0.3, -0.25) is 0 Å². The van der Waals surface area contributed by atoms with Crippen LogP contribution in [-0.2, 0) is 0 Å².